The Morgan fingerprint density at radius 1 is 1.00 bits per heavy atom. The van der Waals surface area contributed by atoms with Crippen molar-refractivity contribution in [2.24, 2.45) is 0 Å². The van der Waals surface area contributed by atoms with Crippen LogP contribution in [-0.2, 0) is 6.42 Å². The van der Waals surface area contributed by atoms with Gasteiger partial charge in [-0.1, -0.05) is 46.9 Å². The van der Waals surface area contributed by atoms with Gasteiger partial charge in [-0.15, -0.1) is 0 Å². The molecule has 3 nitrogen and oxygen atoms in total. The summed E-state index contributed by atoms with van der Waals surface area (Å²) in [7, 11) is 0. The summed E-state index contributed by atoms with van der Waals surface area (Å²) in [6, 6.07) is 11.5. The number of nitrogens with zero attached hydrogens (tertiary/aromatic N) is 2. The van der Waals surface area contributed by atoms with Gasteiger partial charge < -0.3 is 5.32 Å². The topological polar surface area (TPSA) is 29.9 Å². The Morgan fingerprint density at radius 3 is 2.50 bits per heavy atom. The summed E-state index contributed by atoms with van der Waals surface area (Å²) in [6.45, 7) is 2.90. The van der Waals surface area contributed by atoms with E-state index in [2.05, 4.69) is 5.32 Å². The van der Waals surface area contributed by atoms with Crippen molar-refractivity contribution in [3.8, 4) is 16.9 Å². The lowest BCUT2D eigenvalue weighted by atomic mass is 10.0. The highest BCUT2D eigenvalue weighted by atomic mass is 35.5. The van der Waals surface area contributed by atoms with Gasteiger partial charge in [-0.2, -0.15) is 5.10 Å². The van der Waals surface area contributed by atoms with E-state index in [1.54, 1.807) is 0 Å². The molecule has 0 aliphatic carbocycles. The molecule has 3 aromatic rings. The van der Waals surface area contributed by atoms with Crippen molar-refractivity contribution in [2.75, 3.05) is 11.9 Å². The van der Waals surface area contributed by atoms with Crippen molar-refractivity contribution in [1.82, 2.24) is 9.78 Å². The molecule has 0 saturated heterocycles. The Labute approximate surface area is 167 Å². The minimum atomic E-state index is 0.608. The van der Waals surface area contributed by atoms with Crippen LogP contribution >= 0.6 is 34.8 Å². The summed E-state index contributed by atoms with van der Waals surface area (Å²) < 4.78 is 1.92. The van der Waals surface area contributed by atoms with Gasteiger partial charge in [0, 0.05) is 22.7 Å². The van der Waals surface area contributed by atoms with E-state index in [0.717, 1.165) is 64.7 Å². The molecule has 0 radical (unpaired) electrons. The number of nitrogens with one attached hydrogen (secondary N) is 1. The molecule has 1 aromatic heterocycles. The number of hydrogen-bond acceptors (Lipinski definition) is 2. The second-order valence-corrected chi connectivity index (χ2v) is 7.72. The van der Waals surface area contributed by atoms with E-state index in [0.29, 0.717) is 10.0 Å². The third-order valence-corrected chi connectivity index (χ3v) is 5.77. The Kier molecular flexibility index (Phi) is 4.87. The molecule has 1 aliphatic rings. The van der Waals surface area contributed by atoms with Crippen molar-refractivity contribution < 1.29 is 0 Å². The second-order valence-electron chi connectivity index (χ2n) is 6.50. The van der Waals surface area contributed by atoms with Crippen molar-refractivity contribution >= 4 is 40.6 Å². The number of halogens is 3. The molecule has 134 valence electrons. The minimum Gasteiger partial charge on any atom is -0.370 e. The molecule has 0 atom stereocenters. The Morgan fingerprint density at radius 2 is 1.77 bits per heavy atom. The molecule has 1 aliphatic heterocycles. The molecule has 1 N–H and O–H groups in total. The van der Waals surface area contributed by atoms with Crippen LogP contribution < -0.4 is 5.32 Å². The molecule has 0 amide bonds. The van der Waals surface area contributed by atoms with E-state index in [9.17, 15) is 0 Å². The highest BCUT2D eigenvalue weighted by molar-refractivity contribution is 6.39. The van der Waals surface area contributed by atoms with Gasteiger partial charge in [0.2, 0.25) is 0 Å². The fourth-order valence-electron chi connectivity index (χ4n) is 3.33. The summed E-state index contributed by atoms with van der Waals surface area (Å²) in [4.78, 5) is 0. The molecule has 0 saturated carbocycles. The normalized spacial score (nSPS) is 13.8. The standard InChI is InChI=1S/C20H18Cl3N3/c1-12-8-9-13(11-17(12)23)26-20-14(5-2-3-10-24-20)19(25-26)18-15(21)6-4-7-16(18)22/h4,6-9,11,24H,2-3,5,10H2,1H3. The van der Waals surface area contributed by atoms with E-state index >= 15 is 0 Å². The number of fused-ring (bicyclic) bond motifs is 1. The van der Waals surface area contributed by atoms with Crippen molar-refractivity contribution in [3.63, 3.8) is 0 Å². The zero-order valence-electron chi connectivity index (χ0n) is 14.3. The SMILES string of the molecule is Cc1ccc(-n2nc(-c3c(Cl)cccc3Cl)c3c2NCCCC3)cc1Cl. The van der Waals surface area contributed by atoms with Crippen LogP contribution in [0.1, 0.15) is 24.0 Å². The van der Waals surface area contributed by atoms with E-state index in [1.807, 2.05) is 48.0 Å². The van der Waals surface area contributed by atoms with Crippen molar-refractivity contribution in [3.05, 3.63) is 62.6 Å². The van der Waals surface area contributed by atoms with Gasteiger partial charge in [-0.25, -0.2) is 4.68 Å². The molecule has 2 heterocycles. The molecule has 0 fully saturated rings. The fourth-order valence-corrected chi connectivity index (χ4v) is 4.08. The zero-order valence-corrected chi connectivity index (χ0v) is 16.6. The van der Waals surface area contributed by atoms with Crippen LogP contribution in [0.2, 0.25) is 15.1 Å². The maximum atomic E-state index is 6.47. The van der Waals surface area contributed by atoms with Crippen LogP contribution in [0.4, 0.5) is 5.82 Å². The van der Waals surface area contributed by atoms with Gasteiger partial charge in [0.05, 0.1) is 15.7 Å². The van der Waals surface area contributed by atoms with E-state index in [-0.39, 0.29) is 0 Å². The maximum absolute atomic E-state index is 6.47. The largest absolute Gasteiger partial charge is 0.370 e. The molecule has 26 heavy (non-hydrogen) atoms. The van der Waals surface area contributed by atoms with Crippen molar-refractivity contribution in [1.29, 1.82) is 0 Å². The first-order chi connectivity index (χ1) is 12.6. The smallest absolute Gasteiger partial charge is 0.133 e. The highest BCUT2D eigenvalue weighted by Gasteiger charge is 2.24. The lowest BCUT2D eigenvalue weighted by molar-refractivity contribution is 0.780. The molecular formula is C20H18Cl3N3. The molecule has 0 bridgehead atoms. The number of anilines is 1. The minimum absolute atomic E-state index is 0.608. The zero-order chi connectivity index (χ0) is 18.3. The Hall–Kier alpha value is -1.68. The number of benzene rings is 2. The summed E-state index contributed by atoms with van der Waals surface area (Å²) >= 11 is 19.3. The summed E-state index contributed by atoms with van der Waals surface area (Å²) in [5.41, 5.74) is 4.72. The van der Waals surface area contributed by atoms with Crippen molar-refractivity contribution in [2.45, 2.75) is 26.2 Å². The van der Waals surface area contributed by atoms with Crippen LogP contribution in [0.3, 0.4) is 0 Å². The summed E-state index contributed by atoms with van der Waals surface area (Å²) in [5.74, 6) is 0.994. The third kappa shape index (κ3) is 3.09. The molecule has 6 heteroatoms. The van der Waals surface area contributed by atoms with Gasteiger partial charge in [0.1, 0.15) is 11.5 Å². The number of rotatable bonds is 2. The summed E-state index contributed by atoms with van der Waals surface area (Å²) in [6.07, 6.45) is 3.13. The average Bonchev–Trinajstić information content (AvgIpc) is 2.79. The lowest BCUT2D eigenvalue weighted by Crippen LogP contribution is -2.07. The summed E-state index contributed by atoms with van der Waals surface area (Å²) in [5, 5.41) is 10.4. The first-order valence-electron chi connectivity index (χ1n) is 8.63. The molecule has 2 aromatic carbocycles. The highest BCUT2D eigenvalue weighted by Crippen LogP contribution is 2.40. The third-order valence-electron chi connectivity index (χ3n) is 4.73. The fraction of sp³-hybridized carbons (Fsp3) is 0.250. The van der Waals surface area contributed by atoms with Gasteiger partial charge >= 0.3 is 0 Å². The van der Waals surface area contributed by atoms with Crippen LogP contribution in [-0.4, -0.2) is 16.3 Å². The molecule has 4 rings (SSSR count). The quantitative estimate of drug-likeness (QED) is 0.522. The maximum Gasteiger partial charge on any atom is 0.133 e. The van der Waals surface area contributed by atoms with Gasteiger partial charge in [-0.05, 0) is 56.0 Å². The van der Waals surface area contributed by atoms with Gasteiger partial charge in [-0.3, -0.25) is 0 Å². The van der Waals surface area contributed by atoms with Crippen LogP contribution in [0.15, 0.2) is 36.4 Å². The van der Waals surface area contributed by atoms with Gasteiger partial charge in [0.25, 0.3) is 0 Å². The number of hydrogen-bond donors (Lipinski definition) is 1. The average molecular weight is 407 g/mol. The van der Waals surface area contributed by atoms with Crippen LogP contribution in [0, 0.1) is 6.92 Å². The number of aromatic nitrogens is 2. The predicted molar refractivity (Wildman–Crippen MR) is 110 cm³/mol. The first kappa shape index (κ1) is 17.7. The lowest BCUT2D eigenvalue weighted by Gasteiger charge is -2.10. The molecule has 0 unspecified atom stereocenters. The van der Waals surface area contributed by atoms with E-state index < -0.39 is 0 Å². The number of aryl methyl sites for hydroxylation is 1. The monoisotopic (exact) mass is 405 g/mol. The predicted octanol–water partition coefficient (Wildman–Crippen LogP) is 6.56. The van der Waals surface area contributed by atoms with E-state index in [1.165, 1.54) is 0 Å². The van der Waals surface area contributed by atoms with Crippen LogP contribution in [0.5, 0.6) is 0 Å². The first-order valence-corrected chi connectivity index (χ1v) is 9.76. The Balaban J connectivity index is 1.96. The van der Waals surface area contributed by atoms with E-state index in [4.69, 9.17) is 39.9 Å². The van der Waals surface area contributed by atoms with Gasteiger partial charge in [0.15, 0.2) is 0 Å². The Bertz CT molecular complexity index is 958. The second kappa shape index (κ2) is 7.15. The molecular weight excluding hydrogens is 389 g/mol. The van der Waals surface area contributed by atoms with Crippen LogP contribution in [0.25, 0.3) is 16.9 Å². The molecule has 0 spiro atoms.